The summed E-state index contributed by atoms with van der Waals surface area (Å²) in [6.07, 6.45) is 3.74. The lowest BCUT2D eigenvalue weighted by Gasteiger charge is -2.07. The SMILES string of the molecule is Cc1ccc(Nc2cnc(C(=O)NCCc3ccc(Cl)cc3)cn2)cc1. The third-order valence-electron chi connectivity index (χ3n) is 3.82. The van der Waals surface area contributed by atoms with Gasteiger partial charge in [0.05, 0.1) is 12.4 Å². The molecule has 0 spiro atoms. The highest BCUT2D eigenvalue weighted by atomic mass is 35.5. The second-order valence-corrected chi connectivity index (χ2v) is 6.35. The quantitative estimate of drug-likeness (QED) is 0.687. The summed E-state index contributed by atoms with van der Waals surface area (Å²) in [7, 11) is 0. The molecule has 0 aliphatic heterocycles. The van der Waals surface area contributed by atoms with Crippen molar-refractivity contribution in [2.24, 2.45) is 0 Å². The van der Waals surface area contributed by atoms with Gasteiger partial charge in [-0.1, -0.05) is 41.4 Å². The number of aromatic nitrogens is 2. The number of halogens is 1. The van der Waals surface area contributed by atoms with E-state index in [-0.39, 0.29) is 11.6 Å². The molecule has 26 heavy (non-hydrogen) atoms. The van der Waals surface area contributed by atoms with Crippen molar-refractivity contribution in [1.29, 1.82) is 0 Å². The van der Waals surface area contributed by atoms with Gasteiger partial charge < -0.3 is 10.6 Å². The van der Waals surface area contributed by atoms with Gasteiger partial charge in [0, 0.05) is 17.3 Å². The molecule has 0 fully saturated rings. The maximum atomic E-state index is 12.1. The fraction of sp³-hybridized carbons (Fsp3) is 0.150. The molecule has 0 aliphatic carbocycles. The fourth-order valence-corrected chi connectivity index (χ4v) is 2.48. The van der Waals surface area contributed by atoms with Gasteiger partial charge in [-0.15, -0.1) is 0 Å². The molecule has 3 rings (SSSR count). The van der Waals surface area contributed by atoms with Gasteiger partial charge in [-0.05, 0) is 43.2 Å². The van der Waals surface area contributed by atoms with Gasteiger partial charge in [0.15, 0.2) is 0 Å². The maximum Gasteiger partial charge on any atom is 0.271 e. The largest absolute Gasteiger partial charge is 0.350 e. The Balaban J connectivity index is 1.51. The molecule has 5 nitrogen and oxygen atoms in total. The molecule has 3 aromatic rings. The van der Waals surface area contributed by atoms with Crippen LogP contribution in [0.25, 0.3) is 0 Å². The summed E-state index contributed by atoms with van der Waals surface area (Å²) < 4.78 is 0. The molecule has 0 bridgehead atoms. The number of amides is 1. The Bertz CT molecular complexity index is 862. The van der Waals surface area contributed by atoms with E-state index in [9.17, 15) is 4.79 Å². The van der Waals surface area contributed by atoms with Crippen molar-refractivity contribution in [3.05, 3.63) is 82.8 Å². The molecule has 0 radical (unpaired) electrons. The summed E-state index contributed by atoms with van der Waals surface area (Å²) in [4.78, 5) is 20.6. The minimum Gasteiger partial charge on any atom is -0.350 e. The van der Waals surface area contributed by atoms with E-state index in [0.29, 0.717) is 17.4 Å². The highest BCUT2D eigenvalue weighted by Gasteiger charge is 2.07. The summed E-state index contributed by atoms with van der Waals surface area (Å²) in [6.45, 7) is 2.55. The van der Waals surface area contributed by atoms with E-state index in [1.165, 1.54) is 11.8 Å². The number of hydrogen-bond donors (Lipinski definition) is 2. The number of nitrogens with zero attached hydrogens (tertiary/aromatic N) is 2. The highest BCUT2D eigenvalue weighted by molar-refractivity contribution is 6.30. The summed E-state index contributed by atoms with van der Waals surface area (Å²) in [5.41, 5.74) is 3.51. The number of hydrogen-bond acceptors (Lipinski definition) is 4. The number of anilines is 2. The van der Waals surface area contributed by atoms with Crippen molar-refractivity contribution < 1.29 is 4.79 Å². The van der Waals surface area contributed by atoms with E-state index in [4.69, 9.17) is 11.6 Å². The zero-order valence-corrected chi connectivity index (χ0v) is 15.1. The first-order chi connectivity index (χ1) is 12.6. The third kappa shape index (κ3) is 5.04. The first kappa shape index (κ1) is 17.9. The smallest absolute Gasteiger partial charge is 0.271 e. The Hall–Kier alpha value is -2.92. The Morgan fingerprint density at radius 3 is 2.38 bits per heavy atom. The van der Waals surface area contributed by atoms with Crippen LogP contribution < -0.4 is 10.6 Å². The van der Waals surface area contributed by atoms with Crippen molar-refractivity contribution in [3.63, 3.8) is 0 Å². The molecule has 0 saturated heterocycles. The van der Waals surface area contributed by atoms with E-state index in [1.807, 2.05) is 55.5 Å². The van der Waals surface area contributed by atoms with Crippen LogP contribution in [0.2, 0.25) is 5.02 Å². The zero-order chi connectivity index (χ0) is 18.4. The van der Waals surface area contributed by atoms with Crippen molar-refractivity contribution in [2.45, 2.75) is 13.3 Å². The summed E-state index contributed by atoms with van der Waals surface area (Å²) in [6, 6.07) is 15.5. The maximum absolute atomic E-state index is 12.1. The summed E-state index contributed by atoms with van der Waals surface area (Å²) in [5.74, 6) is 0.347. The first-order valence-corrected chi connectivity index (χ1v) is 8.66. The average Bonchev–Trinajstić information content (AvgIpc) is 2.66. The van der Waals surface area contributed by atoms with E-state index in [1.54, 1.807) is 6.20 Å². The van der Waals surface area contributed by atoms with Crippen LogP contribution in [-0.4, -0.2) is 22.4 Å². The van der Waals surface area contributed by atoms with Gasteiger partial charge in [0.1, 0.15) is 11.5 Å². The molecular formula is C20H19ClN4O. The second kappa shape index (κ2) is 8.45. The molecule has 1 aromatic heterocycles. The molecule has 0 aliphatic rings. The van der Waals surface area contributed by atoms with Crippen LogP contribution in [-0.2, 0) is 6.42 Å². The zero-order valence-electron chi connectivity index (χ0n) is 14.4. The molecule has 6 heteroatoms. The number of nitrogens with one attached hydrogen (secondary N) is 2. The predicted molar refractivity (Wildman–Crippen MR) is 104 cm³/mol. The van der Waals surface area contributed by atoms with E-state index in [2.05, 4.69) is 20.6 Å². The molecule has 1 heterocycles. The molecule has 0 atom stereocenters. The van der Waals surface area contributed by atoms with Gasteiger partial charge in [-0.3, -0.25) is 4.79 Å². The van der Waals surface area contributed by atoms with Crippen LogP contribution in [0.15, 0.2) is 60.9 Å². The van der Waals surface area contributed by atoms with Gasteiger partial charge >= 0.3 is 0 Å². The van der Waals surface area contributed by atoms with Crippen molar-refractivity contribution >= 4 is 29.0 Å². The number of benzene rings is 2. The van der Waals surface area contributed by atoms with Crippen LogP contribution >= 0.6 is 11.6 Å². The minimum absolute atomic E-state index is 0.242. The normalized spacial score (nSPS) is 10.4. The molecule has 132 valence electrons. The Morgan fingerprint density at radius 1 is 1.00 bits per heavy atom. The van der Waals surface area contributed by atoms with Crippen molar-refractivity contribution in [3.8, 4) is 0 Å². The molecule has 2 N–H and O–H groups in total. The second-order valence-electron chi connectivity index (χ2n) is 5.91. The molecular weight excluding hydrogens is 348 g/mol. The Morgan fingerprint density at radius 2 is 1.73 bits per heavy atom. The minimum atomic E-state index is -0.242. The molecule has 0 saturated carbocycles. The summed E-state index contributed by atoms with van der Waals surface area (Å²) in [5, 5.41) is 6.69. The van der Waals surface area contributed by atoms with Gasteiger partial charge in [-0.25, -0.2) is 9.97 Å². The van der Waals surface area contributed by atoms with Gasteiger partial charge in [0.25, 0.3) is 5.91 Å². The molecule has 2 aromatic carbocycles. The topological polar surface area (TPSA) is 66.9 Å². The molecule has 1 amide bonds. The Kier molecular flexibility index (Phi) is 5.81. The lowest BCUT2D eigenvalue weighted by molar-refractivity contribution is 0.0949. The number of rotatable bonds is 6. The number of aryl methyl sites for hydroxylation is 1. The van der Waals surface area contributed by atoms with Crippen LogP contribution in [0.3, 0.4) is 0 Å². The monoisotopic (exact) mass is 366 g/mol. The van der Waals surface area contributed by atoms with Crippen LogP contribution in [0.4, 0.5) is 11.5 Å². The van der Waals surface area contributed by atoms with Crippen molar-refractivity contribution in [1.82, 2.24) is 15.3 Å². The summed E-state index contributed by atoms with van der Waals surface area (Å²) >= 11 is 5.86. The van der Waals surface area contributed by atoms with Gasteiger partial charge in [0.2, 0.25) is 0 Å². The Labute approximate surface area is 157 Å². The standard InChI is InChI=1S/C20H19ClN4O/c1-14-2-8-17(9-3-14)25-19-13-23-18(12-24-19)20(26)22-11-10-15-4-6-16(21)7-5-15/h2-9,12-13H,10-11H2,1H3,(H,22,26)(H,24,25). The highest BCUT2D eigenvalue weighted by Crippen LogP contribution is 2.14. The van der Waals surface area contributed by atoms with Gasteiger partial charge in [-0.2, -0.15) is 0 Å². The van der Waals surface area contributed by atoms with Crippen LogP contribution in [0.5, 0.6) is 0 Å². The predicted octanol–water partition coefficient (Wildman–Crippen LogP) is 4.15. The van der Waals surface area contributed by atoms with Crippen LogP contribution in [0.1, 0.15) is 21.6 Å². The average molecular weight is 367 g/mol. The fourth-order valence-electron chi connectivity index (χ4n) is 2.36. The third-order valence-corrected chi connectivity index (χ3v) is 4.07. The van der Waals surface area contributed by atoms with Crippen molar-refractivity contribution in [2.75, 3.05) is 11.9 Å². The van der Waals surface area contributed by atoms with E-state index < -0.39 is 0 Å². The van der Waals surface area contributed by atoms with Crippen LogP contribution in [0, 0.1) is 6.92 Å². The van der Waals surface area contributed by atoms with E-state index >= 15 is 0 Å². The number of carbonyl (C=O) groups excluding carboxylic acids is 1. The van der Waals surface area contributed by atoms with E-state index in [0.717, 1.165) is 17.7 Å². The lowest BCUT2D eigenvalue weighted by Crippen LogP contribution is -2.26. The molecule has 0 unspecified atom stereocenters. The lowest BCUT2D eigenvalue weighted by atomic mass is 10.1. The first-order valence-electron chi connectivity index (χ1n) is 8.28. The number of carbonyl (C=O) groups is 1.